The summed E-state index contributed by atoms with van der Waals surface area (Å²) >= 11 is 1.92. The molecular formula is C18H34N2S. The molecule has 0 aromatic rings. The predicted octanol–water partition coefficient (Wildman–Crippen LogP) is 5.09. The lowest BCUT2D eigenvalue weighted by atomic mass is 9.63. The Morgan fingerprint density at radius 2 is 1.67 bits per heavy atom. The van der Waals surface area contributed by atoms with E-state index in [-0.39, 0.29) is 5.41 Å². The summed E-state index contributed by atoms with van der Waals surface area (Å²) < 4.78 is 0. The molecule has 0 amide bonds. The van der Waals surface area contributed by atoms with Crippen molar-refractivity contribution in [2.45, 2.75) is 86.2 Å². The molecule has 0 radical (unpaired) electrons. The van der Waals surface area contributed by atoms with Gasteiger partial charge in [-0.2, -0.15) is 0 Å². The predicted molar refractivity (Wildman–Crippen MR) is 96.1 cm³/mol. The Morgan fingerprint density at radius 1 is 1.10 bits per heavy atom. The standard InChI is InChI=1S/C18H34N2S/c1-16(2,3)14-8-9-21-15(20-14)19-13-10-17(4,5)12-18(6,7)11-13/h13-14H,8-12H2,1-7H3,(H,19,20). The molecule has 1 atom stereocenters. The second-order valence-corrected chi connectivity index (χ2v) is 10.8. The number of rotatable bonds is 1. The Labute approximate surface area is 135 Å². The monoisotopic (exact) mass is 310 g/mol. The minimum Gasteiger partial charge on any atom is -0.362 e. The van der Waals surface area contributed by atoms with Gasteiger partial charge in [0.1, 0.15) is 0 Å². The third kappa shape index (κ3) is 4.91. The number of nitrogens with zero attached hydrogens (tertiary/aromatic N) is 1. The first-order valence-corrected chi connectivity index (χ1v) is 9.43. The van der Waals surface area contributed by atoms with Gasteiger partial charge >= 0.3 is 0 Å². The SMILES string of the molecule is CC1(C)CC(NC2=NC(C(C)(C)C)CCS2)CC(C)(C)C1. The topological polar surface area (TPSA) is 24.4 Å². The van der Waals surface area contributed by atoms with Gasteiger partial charge < -0.3 is 5.32 Å². The fourth-order valence-electron chi connectivity index (χ4n) is 4.34. The van der Waals surface area contributed by atoms with E-state index in [2.05, 4.69) is 53.8 Å². The Bertz CT molecular complexity index is 388. The molecule has 21 heavy (non-hydrogen) atoms. The van der Waals surface area contributed by atoms with E-state index in [9.17, 15) is 0 Å². The normalized spacial score (nSPS) is 29.9. The van der Waals surface area contributed by atoms with Gasteiger partial charge in [-0.1, -0.05) is 60.2 Å². The number of thioether (sulfide) groups is 1. The maximum Gasteiger partial charge on any atom is 0.157 e. The van der Waals surface area contributed by atoms with Crippen LogP contribution in [0.2, 0.25) is 0 Å². The largest absolute Gasteiger partial charge is 0.362 e. The molecule has 1 heterocycles. The minimum atomic E-state index is 0.277. The smallest absolute Gasteiger partial charge is 0.157 e. The summed E-state index contributed by atoms with van der Waals surface area (Å²) in [6.07, 6.45) is 5.05. The lowest BCUT2D eigenvalue weighted by molar-refractivity contribution is 0.0924. The zero-order valence-electron chi connectivity index (χ0n) is 15.0. The van der Waals surface area contributed by atoms with Crippen molar-refractivity contribution in [3.8, 4) is 0 Å². The summed E-state index contributed by atoms with van der Waals surface area (Å²) in [6.45, 7) is 16.6. The first-order valence-electron chi connectivity index (χ1n) is 8.44. The summed E-state index contributed by atoms with van der Waals surface area (Å²) in [5.41, 5.74) is 1.14. The minimum absolute atomic E-state index is 0.277. The van der Waals surface area contributed by atoms with Crippen molar-refractivity contribution in [3.63, 3.8) is 0 Å². The quantitative estimate of drug-likeness (QED) is 0.729. The van der Waals surface area contributed by atoms with E-state index in [0.29, 0.717) is 22.9 Å². The van der Waals surface area contributed by atoms with Crippen LogP contribution in [0.3, 0.4) is 0 Å². The van der Waals surface area contributed by atoms with Crippen molar-refractivity contribution >= 4 is 16.9 Å². The van der Waals surface area contributed by atoms with Gasteiger partial charge in [0.15, 0.2) is 5.17 Å². The van der Waals surface area contributed by atoms with Crippen molar-refractivity contribution in [3.05, 3.63) is 0 Å². The van der Waals surface area contributed by atoms with Gasteiger partial charge in [-0.3, -0.25) is 4.99 Å². The highest BCUT2D eigenvalue weighted by Crippen LogP contribution is 2.45. The molecule has 1 N–H and O–H groups in total. The Kier molecular flexibility index (Phi) is 4.74. The van der Waals surface area contributed by atoms with Crippen LogP contribution in [0.5, 0.6) is 0 Å². The van der Waals surface area contributed by atoms with Crippen molar-refractivity contribution < 1.29 is 0 Å². The molecule has 122 valence electrons. The van der Waals surface area contributed by atoms with Crippen LogP contribution in [-0.2, 0) is 0 Å². The van der Waals surface area contributed by atoms with Crippen LogP contribution in [-0.4, -0.2) is 23.0 Å². The highest BCUT2D eigenvalue weighted by atomic mass is 32.2. The van der Waals surface area contributed by atoms with Gasteiger partial charge in [-0.05, 0) is 41.9 Å². The third-order valence-electron chi connectivity index (χ3n) is 4.79. The highest BCUT2D eigenvalue weighted by molar-refractivity contribution is 8.13. The maximum absolute atomic E-state index is 5.01. The van der Waals surface area contributed by atoms with Crippen molar-refractivity contribution in [1.82, 2.24) is 5.32 Å². The Balaban J connectivity index is 2.05. The summed E-state index contributed by atoms with van der Waals surface area (Å²) in [5.74, 6) is 1.20. The first kappa shape index (κ1) is 17.2. The van der Waals surface area contributed by atoms with Gasteiger partial charge in [-0.15, -0.1) is 0 Å². The van der Waals surface area contributed by atoms with Gasteiger partial charge in [-0.25, -0.2) is 0 Å². The second-order valence-electron chi connectivity index (χ2n) is 9.71. The van der Waals surface area contributed by atoms with E-state index in [1.807, 2.05) is 11.8 Å². The van der Waals surface area contributed by atoms with Gasteiger partial charge in [0.2, 0.25) is 0 Å². The summed E-state index contributed by atoms with van der Waals surface area (Å²) in [6, 6.07) is 1.04. The van der Waals surface area contributed by atoms with E-state index in [0.717, 1.165) is 0 Å². The third-order valence-corrected chi connectivity index (χ3v) is 5.72. The van der Waals surface area contributed by atoms with Crippen LogP contribution in [0.25, 0.3) is 0 Å². The van der Waals surface area contributed by atoms with E-state index in [1.165, 1.54) is 36.6 Å². The number of amidine groups is 1. The van der Waals surface area contributed by atoms with Crippen molar-refractivity contribution in [1.29, 1.82) is 0 Å². The molecular weight excluding hydrogens is 276 g/mol. The molecule has 1 aliphatic heterocycles. The first-order chi connectivity index (χ1) is 9.47. The van der Waals surface area contributed by atoms with Crippen LogP contribution in [0.4, 0.5) is 0 Å². The summed E-state index contributed by atoms with van der Waals surface area (Å²) in [5, 5.41) is 4.98. The Hall–Kier alpha value is -0.180. The molecule has 0 bridgehead atoms. The molecule has 2 aliphatic rings. The molecule has 3 heteroatoms. The van der Waals surface area contributed by atoms with Crippen molar-refractivity contribution in [2.24, 2.45) is 21.2 Å². The fourth-order valence-corrected chi connectivity index (χ4v) is 5.33. The zero-order valence-corrected chi connectivity index (χ0v) is 15.9. The molecule has 0 spiro atoms. The molecule has 1 saturated carbocycles. The molecule has 1 aliphatic carbocycles. The van der Waals surface area contributed by atoms with Crippen LogP contribution in [0, 0.1) is 16.2 Å². The van der Waals surface area contributed by atoms with E-state index in [1.54, 1.807) is 0 Å². The molecule has 0 aromatic heterocycles. The zero-order chi connectivity index (χ0) is 15.9. The molecule has 2 rings (SSSR count). The Morgan fingerprint density at radius 3 is 2.19 bits per heavy atom. The molecule has 0 saturated heterocycles. The molecule has 0 aromatic carbocycles. The maximum atomic E-state index is 5.01. The molecule has 1 unspecified atom stereocenters. The lowest BCUT2D eigenvalue weighted by Crippen LogP contribution is -2.46. The van der Waals surface area contributed by atoms with Gasteiger partial charge in [0, 0.05) is 11.8 Å². The van der Waals surface area contributed by atoms with Crippen molar-refractivity contribution in [2.75, 3.05) is 5.75 Å². The van der Waals surface area contributed by atoms with E-state index < -0.39 is 0 Å². The van der Waals surface area contributed by atoms with Crippen LogP contribution >= 0.6 is 11.8 Å². The van der Waals surface area contributed by atoms with Crippen LogP contribution in [0.1, 0.15) is 74.1 Å². The van der Waals surface area contributed by atoms with Crippen LogP contribution in [0.15, 0.2) is 4.99 Å². The molecule has 2 nitrogen and oxygen atoms in total. The highest BCUT2D eigenvalue weighted by Gasteiger charge is 2.39. The number of nitrogens with one attached hydrogen (secondary N) is 1. The van der Waals surface area contributed by atoms with E-state index >= 15 is 0 Å². The second kappa shape index (κ2) is 5.79. The number of hydrogen-bond donors (Lipinski definition) is 1. The van der Waals surface area contributed by atoms with Gasteiger partial charge in [0.25, 0.3) is 0 Å². The molecule has 1 fully saturated rings. The summed E-state index contributed by atoms with van der Waals surface area (Å²) in [4.78, 5) is 5.01. The lowest BCUT2D eigenvalue weighted by Gasteiger charge is -2.45. The number of hydrogen-bond acceptors (Lipinski definition) is 3. The average Bonchev–Trinajstić information content (AvgIpc) is 2.23. The summed E-state index contributed by atoms with van der Waals surface area (Å²) in [7, 11) is 0. The fraction of sp³-hybridized carbons (Fsp3) is 0.944. The number of aliphatic imine (C=N–C) groups is 1. The van der Waals surface area contributed by atoms with Crippen LogP contribution < -0.4 is 5.32 Å². The van der Waals surface area contributed by atoms with Gasteiger partial charge in [0.05, 0.1) is 6.04 Å². The average molecular weight is 311 g/mol. The van der Waals surface area contributed by atoms with E-state index in [4.69, 9.17) is 4.99 Å².